The van der Waals surface area contributed by atoms with Crippen LogP contribution in [0.25, 0.3) is 0 Å². The van der Waals surface area contributed by atoms with Crippen LogP contribution in [-0.2, 0) is 4.79 Å². The molecule has 0 radical (unpaired) electrons. The van der Waals surface area contributed by atoms with Crippen LogP contribution < -0.4 is 14.8 Å². The topological polar surface area (TPSA) is 84.9 Å². The Morgan fingerprint density at radius 3 is 2.58 bits per heavy atom. The molecule has 2 N–H and O–H groups in total. The maximum absolute atomic E-state index is 12.5. The molecule has 0 spiro atoms. The van der Waals surface area contributed by atoms with Crippen molar-refractivity contribution in [3.05, 3.63) is 23.8 Å². The Morgan fingerprint density at radius 2 is 2.00 bits per heavy atom. The van der Waals surface area contributed by atoms with Crippen molar-refractivity contribution in [2.24, 2.45) is 0 Å². The van der Waals surface area contributed by atoms with Gasteiger partial charge in [-0.2, -0.15) is 0 Å². The van der Waals surface area contributed by atoms with Gasteiger partial charge in [-0.25, -0.2) is 4.79 Å². The molecule has 2 rings (SSSR count). The van der Waals surface area contributed by atoms with Crippen LogP contribution in [0.5, 0.6) is 11.5 Å². The summed E-state index contributed by atoms with van der Waals surface area (Å²) in [6.07, 6.45) is 0.668. The van der Waals surface area contributed by atoms with E-state index >= 15 is 0 Å². The monoisotopic (exact) mass is 355 g/mol. The number of ether oxygens (including phenoxy) is 2. The zero-order valence-electron chi connectivity index (χ0n) is 13.8. The third kappa shape index (κ3) is 3.75. The molecule has 1 amide bonds. The van der Waals surface area contributed by atoms with Crippen molar-refractivity contribution in [1.29, 1.82) is 0 Å². The molecule has 24 heavy (non-hydrogen) atoms. The molecule has 0 aliphatic carbocycles. The molecule has 1 atom stereocenters. The molecular formula is C17H22ClNO5. The maximum atomic E-state index is 12.5. The Kier molecular flexibility index (Phi) is 5.94. The van der Waals surface area contributed by atoms with E-state index in [2.05, 4.69) is 5.32 Å². The van der Waals surface area contributed by atoms with Gasteiger partial charge in [0.15, 0.2) is 17.3 Å². The number of carbonyl (C=O) groups excluding carboxylic acids is 1. The number of rotatable bonds is 8. The Balaban J connectivity index is 2.37. The number of nitrogens with one attached hydrogen (secondary N) is 1. The number of hydrogen-bond donors (Lipinski definition) is 2. The number of alkyl halides is 1. The van der Waals surface area contributed by atoms with Crippen molar-refractivity contribution >= 4 is 23.5 Å². The number of amides is 1. The summed E-state index contributed by atoms with van der Waals surface area (Å²) in [6.45, 7) is 3.90. The quantitative estimate of drug-likeness (QED) is 0.691. The first-order valence-corrected chi connectivity index (χ1v) is 8.59. The highest BCUT2D eigenvalue weighted by atomic mass is 35.5. The van der Waals surface area contributed by atoms with Crippen LogP contribution in [0, 0.1) is 0 Å². The van der Waals surface area contributed by atoms with Gasteiger partial charge in [0.1, 0.15) is 6.04 Å². The molecule has 1 aromatic rings. The number of halogens is 1. The summed E-state index contributed by atoms with van der Waals surface area (Å²) in [5.74, 6) is 0.274. The predicted octanol–water partition coefficient (Wildman–Crippen LogP) is 3.87. The van der Waals surface area contributed by atoms with Gasteiger partial charge in [0.2, 0.25) is 0 Å². The lowest BCUT2D eigenvalue weighted by Crippen LogP contribution is -2.37. The van der Waals surface area contributed by atoms with Crippen molar-refractivity contribution in [3.8, 4) is 11.5 Å². The van der Waals surface area contributed by atoms with Gasteiger partial charge in [-0.1, -0.05) is 26.0 Å². The fraction of sp³-hybridized carbons (Fsp3) is 0.529. The molecule has 0 bridgehead atoms. The van der Waals surface area contributed by atoms with Crippen LogP contribution in [-0.4, -0.2) is 28.7 Å². The van der Waals surface area contributed by atoms with Crippen molar-refractivity contribution in [2.75, 3.05) is 5.88 Å². The Labute approximate surface area is 146 Å². The third-order valence-corrected chi connectivity index (χ3v) is 4.40. The highest BCUT2D eigenvalue weighted by Gasteiger charge is 2.41. The minimum atomic E-state index is -1.27. The fourth-order valence-corrected chi connectivity index (χ4v) is 2.87. The van der Waals surface area contributed by atoms with Crippen LogP contribution in [0.4, 0.5) is 4.79 Å². The van der Waals surface area contributed by atoms with E-state index in [1.165, 1.54) is 0 Å². The van der Waals surface area contributed by atoms with E-state index in [0.717, 1.165) is 0 Å². The summed E-state index contributed by atoms with van der Waals surface area (Å²) < 4.78 is 11.9. The highest BCUT2D eigenvalue weighted by molar-refractivity contribution is 6.18. The molecule has 132 valence electrons. The summed E-state index contributed by atoms with van der Waals surface area (Å²) >= 11 is 5.64. The number of fused-ring (bicyclic) bond motifs is 1. The third-order valence-electron chi connectivity index (χ3n) is 4.13. The number of benzene rings is 1. The standard InChI is InChI=1S/C17H22ClNO5/c1-3-17(4-2)23-13-9-5-7-11(15(13)24-17)14(19-16(21)22)12(20)8-6-10-18/h5,7,9,14,19H,3-4,6,8,10H2,1-2H3,(H,21,22). The van der Waals surface area contributed by atoms with E-state index in [1.54, 1.807) is 18.2 Å². The number of para-hydroxylation sites is 1. The molecule has 1 unspecified atom stereocenters. The number of carboxylic acid groups (broad SMARTS) is 1. The van der Waals surface area contributed by atoms with Crippen LogP contribution >= 0.6 is 11.6 Å². The normalized spacial score (nSPS) is 15.8. The van der Waals surface area contributed by atoms with Gasteiger partial charge in [0.05, 0.1) is 0 Å². The molecule has 1 aromatic carbocycles. The molecule has 6 nitrogen and oxygen atoms in total. The number of ketones is 1. The lowest BCUT2D eigenvalue weighted by atomic mass is 9.98. The Bertz CT molecular complexity index is 615. The molecule has 0 aromatic heterocycles. The van der Waals surface area contributed by atoms with Crippen molar-refractivity contribution < 1.29 is 24.2 Å². The number of carbonyl (C=O) groups is 2. The van der Waals surface area contributed by atoms with Crippen molar-refractivity contribution in [2.45, 2.75) is 51.4 Å². The number of Topliss-reactive ketones (excluding diaryl/α,β-unsaturated/α-hetero) is 1. The molecular weight excluding hydrogens is 334 g/mol. The first-order chi connectivity index (χ1) is 11.5. The van der Waals surface area contributed by atoms with E-state index in [-0.39, 0.29) is 12.2 Å². The molecule has 0 saturated carbocycles. The van der Waals surface area contributed by atoms with E-state index in [9.17, 15) is 9.59 Å². The Morgan fingerprint density at radius 1 is 1.29 bits per heavy atom. The summed E-state index contributed by atoms with van der Waals surface area (Å²) in [5.41, 5.74) is 0.471. The second kappa shape index (κ2) is 7.75. The van der Waals surface area contributed by atoms with Gasteiger partial charge in [-0.05, 0) is 12.5 Å². The zero-order chi connectivity index (χ0) is 17.7. The molecule has 0 saturated heterocycles. The number of hydrogen-bond acceptors (Lipinski definition) is 4. The maximum Gasteiger partial charge on any atom is 0.405 e. The van der Waals surface area contributed by atoms with Gasteiger partial charge >= 0.3 is 6.09 Å². The average molecular weight is 356 g/mol. The smallest absolute Gasteiger partial charge is 0.405 e. The molecule has 1 aliphatic heterocycles. The summed E-state index contributed by atoms with van der Waals surface area (Å²) in [7, 11) is 0. The summed E-state index contributed by atoms with van der Waals surface area (Å²) in [5, 5.41) is 11.4. The van der Waals surface area contributed by atoms with Gasteiger partial charge < -0.3 is 19.9 Å². The zero-order valence-corrected chi connectivity index (χ0v) is 14.6. The van der Waals surface area contributed by atoms with Crippen molar-refractivity contribution in [1.82, 2.24) is 5.32 Å². The highest BCUT2D eigenvalue weighted by Crippen LogP contribution is 2.46. The van der Waals surface area contributed by atoms with Crippen LogP contribution in [0.15, 0.2) is 18.2 Å². The van der Waals surface area contributed by atoms with E-state index in [4.69, 9.17) is 26.2 Å². The molecule has 0 fully saturated rings. The first-order valence-electron chi connectivity index (χ1n) is 8.05. The SMILES string of the molecule is CCC1(CC)Oc2cccc(C(NC(=O)O)C(=O)CCCCl)c2O1. The summed E-state index contributed by atoms with van der Waals surface area (Å²) in [6, 6.07) is 4.16. The largest absolute Gasteiger partial charge is 0.465 e. The van der Waals surface area contributed by atoms with Crippen LogP contribution in [0.2, 0.25) is 0 Å². The van der Waals surface area contributed by atoms with Gasteiger partial charge in [-0.3, -0.25) is 4.79 Å². The fourth-order valence-electron chi connectivity index (χ4n) is 2.74. The second-order valence-electron chi connectivity index (χ2n) is 5.64. The van der Waals surface area contributed by atoms with Gasteiger partial charge in [0.25, 0.3) is 5.79 Å². The van der Waals surface area contributed by atoms with Crippen LogP contribution in [0.1, 0.15) is 51.1 Å². The van der Waals surface area contributed by atoms with Gasteiger partial charge in [-0.15, -0.1) is 11.6 Å². The van der Waals surface area contributed by atoms with Gasteiger partial charge in [0, 0.05) is 30.7 Å². The van der Waals surface area contributed by atoms with Crippen LogP contribution in [0.3, 0.4) is 0 Å². The molecule has 7 heteroatoms. The minimum Gasteiger partial charge on any atom is -0.465 e. The molecule has 1 aliphatic rings. The Hall–Kier alpha value is -1.95. The first kappa shape index (κ1) is 18.4. The van der Waals surface area contributed by atoms with E-state index in [0.29, 0.717) is 42.2 Å². The van der Waals surface area contributed by atoms with Crippen molar-refractivity contribution in [3.63, 3.8) is 0 Å². The summed E-state index contributed by atoms with van der Waals surface area (Å²) in [4.78, 5) is 23.6. The molecule has 1 heterocycles. The predicted molar refractivity (Wildman–Crippen MR) is 89.9 cm³/mol. The lowest BCUT2D eigenvalue weighted by molar-refractivity contribution is -0.121. The van der Waals surface area contributed by atoms with E-state index in [1.807, 2.05) is 13.8 Å². The average Bonchev–Trinajstić information content (AvgIpc) is 2.97. The lowest BCUT2D eigenvalue weighted by Gasteiger charge is -2.25. The minimum absolute atomic E-state index is 0.186. The second-order valence-corrected chi connectivity index (χ2v) is 6.02. The van der Waals surface area contributed by atoms with E-state index < -0.39 is 17.9 Å².